The second-order valence-corrected chi connectivity index (χ2v) is 6.31. The van der Waals surface area contributed by atoms with Gasteiger partial charge in [0.05, 0.1) is 11.0 Å². The van der Waals surface area contributed by atoms with E-state index in [9.17, 15) is 0 Å². The molecule has 3 rings (SSSR count). The summed E-state index contributed by atoms with van der Waals surface area (Å²) in [6.45, 7) is 5.13. The van der Waals surface area contributed by atoms with Gasteiger partial charge in [-0.15, -0.1) is 0 Å². The molecule has 1 saturated heterocycles. The molecule has 0 atom stereocenters. The van der Waals surface area contributed by atoms with Crippen LogP contribution < -0.4 is 10.6 Å². The van der Waals surface area contributed by atoms with Gasteiger partial charge < -0.3 is 20.5 Å². The number of fused-ring (bicyclic) bond motifs is 1. The number of piperidine rings is 1. The minimum atomic E-state index is 0.591. The molecule has 1 fully saturated rings. The van der Waals surface area contributed by atoms with Crippen LogP contribution in [0.15, 0.2) is 18.3 Å². The molecule has 6 heteroatoms. The number of pyridine rings is 1. The maximum Gasteiger partial charge on any atom is 0.171 e. The maximum absolute atomic E-state index is 5.23. The van der Waals surface area contributed by atoms with E-state index in [-0.39, 0.29) is 0 Å². The molecule has 3 N–H and O–H groups in total. The Morgan fingerprint density at radius 2 is 2.18 bits per heavy atom. The van der Waals surface area contributed by atoms with Crippen molar-refractivity contribution in [2.45, 2.75) is 25.7 Å². The second kappa shape index (κ2) is 6.62. The minimum absolute atomic E-state index is 0.591. The molecule has 0 amide bonds. The number of nitrogens with one attached hydrogen (secondary N) is 3. The van der Waals surface area contributed by atoms with Gasteiger partial charge in [-0.1, -0.05) is 0 Å². The summed E-state index contributed by atoms with van der Waals surface area (Å²) in [7, 11) is 2.19. The predicted molar refractivity (Wildman–Crippen MR) is 95.5 cm³/mol. The fourth-order valence-electron chi connectivity index (χ4n) is 3.04. The lowest BCUT2D eigenvalue weighted by Crippen LogP contribution is -2.29. The number of likely N-dealkylation sites (tertiary alicyclic amines) is 1. The Morgan fingerprint density at radius 1 is 1.41 bits per heavy atom. The highest BCUT2D eigenvalue weighted by atomic mass is 32.1. The molecular weight excluding hydrogens is 294 g/mol. The Morgan fingerprint density at radius 3 is 2.91 bits per heavy atom. The average molecular weight is 317 g/mol. The van der Waals surface area contributed by atoms with Gasteiger partial charge in [-0.2, -0.15) is 0 Å². The van der Waals surface area contributed by atoms with E-state index in [1.54, 1.807) is 0 Å². The number of nitrogens with zero attached hydrogens (tertiary/aromatic N) is 2. The van der Waals surface area contributed by atoms with Crippen molar-refractivity contribution in [3.63, 3.8) is 0 Å². The fourth-order valence-corrected chi connectivity index (χ4v) is 3.29. The molecule has 1 aliphatic rings. The number of hydrogen-bond donors (Lipinski definition) is 3. The Labute approximate surface area is 136 Å². The normalized spacial score (nSPS) is 16.8. The van der Waals surface area contributed by atoms with E-state index in [1.165, 1.54) is 18.4 Å². The number of aromatic amines is 1. The lowest BCUT2D eigenvalue weighted by atomic mass is 9.91. The molecule has 3 heterocycles. The molecule has 118 valence electrons. The maximum atomic E-state index is 5.23. The van der Waals surface area contributed by atoms with E-state index in [2.05, 4.69) is 39.8 Å². The second-order valence-electron chi connectivity index (χ2n) is 5.90. The van der Waals surface area contributed by atoms with Crippen molar-refractivity contribution in [3.8, 4) is 0 Å². The first-order valence-corrected chi connectivity index (χ1v) is 8.29. The van der Waals surface area contributed by atoms with Crippen LogP contribution in [0, 0.1) is 0 Å². The van der Waals surface area contributed by atoms with Crippen LogP contribution in [0.1, 0.15) is 31.2 Å². The van der Waals surface area contributed by atoms with Gasteiger partial charge in [0.15, 0.2) is 5.11 Å². The molecule has 22 heavy (non-hydrogen) atoms. The standard InChI is InChI=1S/C16H23N5S/c1-3-17-16(22)20-14-5-4-13-15(19-14)12(10-18-13)11-6-8-21(2)9-7-11/h4-5,10-11,18H,3,6-9H2,1-2H3,(H2,17,19,20,22). The van der Waals surface area contributed by atoms with Crippen molar-refractivity contribution >= 4 is 34.2 Å². The summed E-state index contributed by atoms with van der Waals surface area (Å²) in [5.41, 5.74) is 3.49. The Kier molecular flexibility index (Phi) is 4.59. The number of hydrogen-bond acceptors (Lipinski definition) is 3. The van der Waals surface area contributed by atoms with E-state index < -0.39 is 0 Å². The molecule has 2 aromatic heterocycles. The Bertz CT molecular complexity index is 658. The first-order valence-electron chi connectivity index (χ1n) is 7.88. The smallest absolute Gasteiger partial charge is 0.171 e. The van der Waals surface area contributed by atoms with Gasteiger partial charge >= 0.3 is 0 Å². The van der Waals surface area contributed by atoms with E-state index in [4.69, 9.17) is 17.2 Å². The molecule has 0 aliphatic carbocycles. The van der Waals surface area contributed by atoms with Gasteiger partial charge in [-0.05, 0) is 75.7 Å². The first kappa shape index (κ1) is 15.2. The topological polar surface area (TPSA) is 56.0 Å². The molecule has 0 radical (unpaired) electrons. The lowest BCUT2D eigenvalue weighted by Gasteiger charge is -2.28. The molecule has 0 spiro atoms. The van der Waals surface area contributed by atoms with Gasteiger partial charge in [0, 0.05) is 12.7 Å². The zero-order valence-electron chi connectivity index (χ0n) is 13.1. The third-order valence-corrected chi connectivity index (χ3v) is 4.54. The summed E-state index contributed by atoms with van der Waals surface area (Å²) in [5, 5.41) is 6.85. The number of thiocarbonyl (C=S) groups is 1. The quantitative estimate of drug-likeness (QED) is 0.760. The van der Waals surface area contributed by atoms with Crippen LogP contribution in [0.5, 0.6) is 0 Å². The summed E-state index contributed by atoms with van der Waals surface area (Å²) in [6.07, 6.45) is 4.51. The van der Waals surface area contributed by atoms with Gasteiger partial charge in [0.25, 0.3) is 0 Å². The third-order valence-electron chi connectivity index (χ3n) is 4.29. The van der Waals surface area contributed by atoms with Crippen LogP contribution in [0.2, 0.25) is 0 Å². The molecule has 5 nitrogen and oxygen atoms in total. The number of H-pyrrole nitrogens is 1. The van der Waals surface area contributed by atoms with E-state index >= 15 is 0 Å². The van der Waals surface area contributed by atoms with Crippen LogP contribution >= 0.6 is 12.2 Å². The zero-order chi connectivity index (χ0) is 15.5. The summed E-state index contributed by atoms with van der Waals surface area (Å²) in [6, 6.07) is 4.03. The van der Waals surface area contributed by atoms with Crippen LogP contribution in [-0.2, 0) is 0 Å². The largest absolute Gasteiger partial charge is 0.363 e. The molecule has 0 saturated carbocycles. The average Bonchev–Trinajstić information content (AvgIpc) is 2.91. The molecule has 1 aliphatic heterocycles. The summed E-state index contributed by atoms with van der Waals surface area (Å²) < 4.78 is 0. The number of aromatic nitrogens is 2. The van der Waals surface area contributed by atoms with Gasteiger partial charge in [0.2, 0.25) is 0 Å². The molecular formula is C16H23N5S. The minimum Gasteiger partial charge on any atom is -0.363 e. The number of rotatable bonds is 3. The Balaban J connectivity index is 1.84. The first-order chi connectivity index (χ1) is 10.7. The van der Waals surface area contributed by atoms with Gasteiger partial charge in [-0.3, -0.25) is 0 Å². The molecule has 0 bridgehead atoms. The Hall–Kier alpha value is -1.66. The fraction of sp³-hybridized carbons (Fsp3) is 0.500. The van der Waals surface area contributed by atoms with Gasteiger partial charge in [0.1, 0.15) is 5.82 Å². The highest BCUT2D eigenvalue weighted by molar-refractivity contribution is 7.80. The van der Waals surface area contributed by atoms with E-state index in [0.717, 1.165) is 36.5 Å². The van der Waals surface area contributed by atoms with Crippen molar-refractivity contribution in [3.05, 3.63) is 23.9 Å². The van der Waals surface area contributed by atoms with Crippen LogP contribution in [-0.4, -0.2) is 46.7 Å². The van der Waals surface area contributed by atoms with Crippen molar-refractivity contribution in [2.24, 2.45) is 0 Å². The van der Waals surface area contributed by atoms with E-state index in [1.807, 2.05) is 13.0 Å². The lowest BCUT2D eigenvalue weighted by molar-refractivity contribution is 0.256. The van der Waals surface area contributed by atoms with E-state index in [0.29, 0.717) is 11.0 Å². The highest BCUT2D eigenvalue weighted by Crippen LogP contribution is 2.32. The van der Waals surface area contributed by atoms with Crippen molar-refractivity contribution in [2.75, 3.05) is 32.0 Å². The summed E-state index contributed by atoms with van der Waals surface area (Å²) >= 11 is 5.23. The van der Waals surface area contributed by atoms with Gasteiger partial charge in [-0.25, -0.2) is 4.98 Å². The molecule has 2 aromatic rings. The summed E-state index contributed by atoms with van der Waals surface area (Å²) in [4.78, 5) is 10.5. The summed E-state index contributed by atoms with van der Waals surface area (Å²) in [5.74, 6) is 1.39. The zero-order valence-corrected chi connectivity index (χ0v) is 14.0. The van der Waals surface area contributed by atoms with Crippen LogP contribution in [0.25, 0.3) is 11.0 Å². The monoisotopic (exact) mass is 317 g/mol. The highest BCUT2D eigenvalue weighted by Gasteiger charge is 2.21. The third kappa shape index (κ3) is 3.23. The van der Waals surface area contributed by atoms with Crippen molar-refractivity contribution in [1.82, 2.24) is 20.2 Å². The molecule has 0 unspecified atom stereocenters. The predicted octanol–water partition coefficient (Wildman–Crippen LogP) is 2.68. The van der Waals surface area contributed by atoms with Crippen molar-refractivity contribution in [1.29, 1.82) is 0 Å². The SMILES string of the molecule is CCNC(=S)Nc1ccc2[nH]cc(C3CCN(C)CC3)c2n1. The van der Waals surface area contributed by atoms with Crippen LogP contribution in [0.4, 0.5) is 5.82 Å². The van der Waals surface area contributed by atoms with Crippen molar-refractivity contribution < 1.29 is 0 Å². The van der Waals surface area contributed by atoms with Crippen LogP contribution in [0.3, 0.4) is 0 Å². The number of anilines is 1. The molecule has 0 aromatic carbocycles.